The van der Waals surface area contributed by atoms with Crippen molar-refractivity contribution >= 4 is 46.8 Å². The summed E-state index contributed by atoms with van der Waals surface area (Å²) in [7, 11) is 0. The number of nitrogens with one attached hydrogen (secondary N) is 1. The Hall–Kier alpha value is -2.70. The van der Waals surface area contributed by atoms with E-state index in [0.717, 1.165) is 0 Å². The number of carbonyl (C=O) groups is 2. The summed E-state index contributed by atoms with van der Waals surface area (Å²) in [5.41, 5.74) is 1.09. The SMILES string of the molecule is O=C(COC(=O)/C=C/c1cccc(Cl)c1Cl)Nc1ccc2c(c1)OCCO2. The number of fused-ring (bicyclic) bond motifs is 1. The molecule has 27 heavy (non-hydrogen) atoms. The topological polar surface area (TPSA) is 73.9 Å². The van der Waals surface area contributed by atoms with E-state index in [4.69, 9.17) is 37.4 Å². The standard InChI is InChI=1S/C19H15Cl2NO5/c20-14-3-1-2-12(19(14)21)4-7-18(24)27-11-17(23)22-13-5-6-15-16(10-13)26-9-8-25-15/h1-7,10H,8-9,11H2,(H,22,23)/b7-4+. The maximum Gasteiger partial charge on any atom is 0.331 e. The summed E-state index contributed by atoms with van der Waals surface area (Å²) < 4.78 is 15.8. The molecule has 1 amide bonds. The number of rotatable bonds is 5. The van der Waals surface area contributed by atoms with E-state index in [-0.39, 0.29) is 0 Å². The summed E-state index contributed by atoms with van der Waals surface area (Å²) >= 11 is 11.9. The number of esters is 1. The Bertz CT molecular complexity index is 898. The van der Waals surface area contributed by atoms with E-state index in [1.807, 2.05) is 0 Å². The van der Waals surface area contributed by atoms with Crippen molar-refractivity contribution in [3.05, 3.63) is 58.1 Å². The first-order chi connectivity index (χ1) is 13.0. The molecule has 0 fully saturated rings. The minimum absolute atomic E-state index is 0.333. The van der Waals surface area contributed by atoms with Crippen LogP contribution in [0.2, 0.25) is 10.0 Å². The van der Waals surface area contributed by atoms with Crippen molar-refractivity contribution in [1.82, 2.24) is 0 Å². The second-order valence-corrected chi connectivity index (χ2v) is 6.28. The van der Waals surface area contributed by atoms with Crippen LogP contribution in [0.5, 0.6) is 11.5 Å². The highest BCUT2D eigenvalue weighted by molar-refractivity contribution is 6.42. The van der Waals surface area contributed by atoms with Gasteiger partial charge >= 0.3 is 5.97 Å². The molecule has 0 aromatic heterocycles. The molecular weight excluding hydrogens is 393 g/mol. The van der Waals surface area contributed by atoms with Crippen LogP contribution in [-0.4, -0.2) is 31.7 Å². The molecule has 3 rings (SSSR count). The normalized spacial score (nSPS) is 12.7. The number of benzene rings is 2. The predicted octanol–water partition coefficient (Wildman–Crippen LogP) is 3.96. The Morgan fingerprint density at radius 3 is 2.70 bits per heavy atom. The number of halogens is 2. The van der Waals surface area contributed by atoms with E-state index in [2.05, 4.69) is 5.32 Å². The summed E-state index contributed by atoms with van der Waals surface area (Å²) in [5.74, 6) is 0.0189. The first-order valence-corrected chi connectivity index (χ1v) is 8.77. The van der Waals surface area contributed by atoms with E-state index < -0.39 is 18.5 Å². The van der Waals surface area contributed by atoms with Crippen LogP contribution in [-0.2, 0) is 14.3 Å². The molecule has 2 aromatic carbocycles. The van der Waals surface area contributed by atoms with Crippen molar-refractivity contribution in [3.8, 4) is 11.5 Å². The Morgan fingerprint density at radius 1 is 1.11 bits per heavy atom. The molecule has 1 aliphatic rings. The van der Waals surface area contributed by atoms with Crippen molar-refractivity contribution in [2.45, 2.75) is 0 Å². The maximum absolute atomic E-state index is 11.9. The van der Waals surface area contributed by atoms with E-state index in [9.17, 15) is 9.59 Å². The van der Waals surface area contributed by atoms with Gasteiger partial charge in [-0.25, -0.2) is 4.79 Å². The first kappa shape index (κ1) is 19.1. The number of ether oxygens (including phenoxy) is 3. The van der Waals surface area contributed by atoms with Gasteiger partial charge in [0.2, 0.25) is 0 Å². The zero-order valence-electron chi connectivity index (χ0n) is 14.0. The van der Waals surface area contributed by atoms with Gasteiger partial charge in [0.1, 0.15) is 13.2 Å². The molecule has 1 N–H and O–H groups in total. The molecular formula is C19H15Cl2NO5. The average molecular weight is 408 g/mol. The molecule has 0 bridgehead atoms. The van der Waals surface area contributed by atoms with Crippen LogP contribution in [0.3, 0.4) is 0 Å². The molecule has 1 heterocycles. The number of hydrogen-bond acceptors (Lipinski definition) is 5. The second-order valence-electron chi connectivity index (χ2n) is 5.49. The fraction of sp³-hybridized carbons (Fsp3) is 0.158. The number of anilines is 1. The average Bonchev–Trinajstić information content (AvgIpc) is 2.67. The van der Waals surface area contributed by atoms with E-state index in [1.54, 1.807) is 36.4 Å². The van der Waals surface area contributed by atoms with Gasteiger partial charge < -0.3 is 19.5 Å². The molecule has 140 valence electrons. The van der Waals surface area contributed by atoms with Crippen molar-refractivity contribution in [2.75, 3.05) is 25.1 Å². The van der Waals surface area contributed by atoms with Gasteiger partial charge in [0.15, 0.2) is 18.1 Å². The highest BCUT2D eigenvalue weighted by atomic mass is 35.5. The second kappa shape index (κ2) is 8.79. The minimum Gasteiger partial charge on any atom is -0.486 e. The van der Waals surface area contributed by atoms with Crippen LogP contribution in [0.1, 0.15) is 5.56 Å². The fourth-order valence-corrected chi connectivity index (χ4v) is 2.68. The van der Waals surface area contributed by atoms with E-state index in [1.165, 1.54) is 12.2 Å². The smallest absolute Gasteiger partial charge is 0.331 e. The van der Waals surface area contributed by atoms with Crippen LogP contribution in [0, 0.1) is 0 Å². The quantitative estimate of drug-likeness (QED) is 0.599. The van der Waals surface area contributed by atoms with Crippen LogP contribution < -0.4 is 14.8 Å². The molecule has 0 radical (unpaired) electrons. The zero-order valence-corrected chi connectivity index (χ0v) is 15.5. The molecule has 8 heteroatoms. The maximum atomic E-state index is 11.9. The third-order valence-electron chi connectivity index (χ3n) is 3.55. The lowest BCUT2D eigenvalue weighted by atomic mass is 10.2. The highest BCUT2D eigenvalue weighted by Crippen LogP contribution is 2.32. The number of hydrogen-bond donors (Lipinski definition) is 1. The molecule has 0 spiro atoms. The highest BCUT2D eigenvalue weighted by Gasteiger charge is 2.13. The molecule has 0 aliphatic carbocycles. The lowest BCUT2D eigenvalue weighted by molar-refractivity contribution is -0.142. The first-order valence-electron chi connectivity index (χ1n) is 8.01. The Kier molecular flexibility index (Phi) is 6.21. The molecule has 6 nitrogen and oxygen atoms in total. The van der Waals surface area contributed by atoms with Crippen LogP contribution in [0.15, 0.2) is 42.5 Å². The van der Waals surface area contributed by atoms with E-state index in [0.29, 0.717) is 46.0 Å². The van der Waals surface area contributed by atoms with Crippen LogP contribution >= 0.6 is 23.2 Å². The van der Waals surface area contributed by atoms with E-state index >= 15 is 0 Å². The third-order valence-corrected chi connectivity index (χ3v) is 4.39. The Labute approximate surface area is 165 Å². The molecule has 0 unspecified atom stereocenters. The van der Waals surface area contributed by atoms with Crippen molar-refractivity contribution in [1.29, 1.82) is 0 Å². The predicted molar refractivity (Wildman–Crippen MR) is 103 cm³/mol. The van der Waals surface area contributed by atoms with Gasteiger partial charge in [-0.1, -0.05) is 35.3 Å². The minimum atomic E-state index is -0.677. The molecule has 0 atom stereocenters. The Morgan fingerprint density at radius 2 is 1.89 bits per heavy atom. The summed E-state index contributed by atoms with van der Waals surface area (Å²) in [6.45, 7) is 0.508. The van der Waals surface area contributed by atoms with Gasteiger partial charge in [0.25, 0.3) is 5.91 Å². The largest absolute Gasteiger partial charge is 0.486 e. The summed E-state index contributed by atoms with van der Waals surface area (Å²) in [6, 6.07) is 10.1. The van der Waals surface area contributed by atoms with Crippen molar-refractivity contribution < 1.29 is 23.8 Å². The van der Waals surface area contributed by atoms with Crippen molar-refractivity contribution in [2.24, 2.45) is 0 Å². The number of amides is 1. The lowest BCUT2D eigenvalue weighted by Gasteiger charge is -2.18. The Balaban J connectivity index is 1.51. The number of carbonyl (C=O) groups excluding carboxylic acids is 2. The summed E-state index contributed by atoms with van der Waals surface area (Å²) in [4.78, 5) is 23.7. The van der Waals surface area contributed by atoms with Gasteiger partial charge in [-0.3, -0.25) is 4.79 Å². The molecule has 0 saturated heterocycles. The zero-order chi connectivity index (χ0) is 19.2. The molecule has 0 saturated carbocycles. The fourth-order valence-electron chi connectivity index (χ4n) is 2.31. The third kappa shape index (κ3) is 5.15. The lowest BCUT2D eigenvalue weighted by Crippen LogP contribution is -2.20. The molecule has 1 aliphatic heterocycles. The monoisotopic (exact) mass is 407 g/mol. The van der Waals surface area contributed by atoms with Gasteiger partial charge in [0.05, 0.1) is 10.0 Å². The van der Waals surface area contributed by atoms with Gasteiger partial charge in [-0.05, 0) is 29.8 Å². The van der Waals surface area contributed by atoms with Crippen LogP contribution in [0.25, 0.3) is 6.08 Å². The van der Waals surface area contributed by atoms with Gasteiger partial charge in [0, 0.05) is 17.8 Å². The van der Waals surface area contributed by atoms with Crippen molar-refractivity contribution in [3.63, 3.8) is 0 Å². The van der Waals surface area contributed by atoms with Gasteiger partial charge in [-0.2, -0.15) is 0 Å². The van der Waals surface area contributed by atoms with Gasteiger partial charge in [-0.15, -0.1) is 0 Å². The summed E-state index contributed by atoms with van der Waals surface area (Å²) in [6.07, 6.45) is 2.64. The molecule has 2 aromatic rings. The van der Waals surface area contributed by atoms with Crippen LogP contribution in [0.4, 0.5) is 5.69 Å². The summed E-state index contributed by atoms with van der Waals surface area (Å²) in [5, 5.41) is 3.34.